The predicted molar refractivity (Wildman–Crippen MR) is 286 cm³/mol. The van der Waals surface area contributed by atoms with Gasteiger partial charge in [-0.2, -0.15) is 0 Å². The van der Waals surface area contributed by atoms with Crippen LogP contribution in [0.4, 0.5) is 17.1 Å². The fraction of sp³-hybridized carbons (Fsp3) is 0. The zero-order valence-electron chi connectivity index (χ0n) is 37.1. The van der Waals surface area contributed by atoms with Crippen molar-refractivity contribution in [3.8, 4) is 27.9 Å². The molecule has 15 rings (SSSR count). The van der Waals surface area contributed by atoms with Crippen molar-refractivity contribution >= 4 is 115 Å². The molecule has 0 amide bonds. The maximum Gasteiger partial charge on any atom is 0.137 e. The van der Waals surface area contributed by atoms with E-state index in [4.69, 9.17) is 13.3 Å². The Bertz CT molecular complexity index is 4440. The lowest BCUT2D eigenvalue weighted by Gasteiger charge is -2.25. The van der Waals surface area contributed by atoms with Crippen molar-refractivity contribution in [2.45, 2.75) is 0 Å². The minimum atomic E-state index is 0.845. The van der Waals surface area contributed by atoms with Gasteiger partial charge in [-0.25, -0.2) is 0 Å². The van der Waals surface area contributed by atoms with Crippen molar-refractivity contribution in [1.82, 2.24) is 4.57 Å². The van der Waals surface area contributed by atoms with E-state index in [1.54, 1.807) is 0 Å². The summed E-state index contributed by atoms with van der Waals surface area (Å²) in [6.45, 7) is 0. The van der Waals surface area contributed by atoms with Crippen LogP contribution < -0.4 is 4.90 Å². The van der Waals surface area contributed by atoms with Crippen LogP contribution in [-0.2, 0) is 0 Å². The van der Waals surface area contributed by atoms with Gasteiger partial charge >= 0.3 is 0 Å². The first-order valence-corrected chi connectivity index (χ1v) is 23.4. The van der Waals surface area contributed by atoms with Crippen LogP contribution in [0, 0.1) is 0 Å². The minimum absolute atomic E-state index is 0.845. The summed E-state index contributed by atoms with van der Waals surface area (Å²) in [4.78, 5) is 2.28. The number of nitrogens with zero attached hydrogens (tertiary/aromatic N) is 2. The second-order valence-corrected chi connectivity index (χ2v) is 18.1. The van der Waals surface area contributed by atoms with Gasteiger partial charge in [0.25, 0.3) is 0 Å². The van der Waals surface area contributed by atoms with Crippen molar-refractivity contribution in [1.29, 1.82) is 0 Å². The molecule has 0 aliphatic carbocycles. The van der Waals surface area contributed by atoms with Crippen LogP contribution in [0.3, 0.4) is 0 Å². The second kappa shape index (κ2) is 14.6. The van der Waals surface area contributed by atoms with Gasteiger partial charge in [-0.3, -0.25) is 0 Å². The molecule has 0 fully saturated rings. The quantitative estimate of drug-likeness (QED) is 0.167. The van der Waals surface area contributed by atoms with Crippen molar-refractivity contribution in [2.24, 2.45) is 0 Å². The Morgan fingerprint density at radius 3 is 1.51 bits per heavy atom. The second-order valence-electron chi connectivity index (χ2n) is 18.1. The zero-order chi connectivity index (χ0) is 45.2. The number of hydrogen-bond donors (Lipinski definition) is 0. The van der Waals surface area contributed by atoms with E-state index in [1.807, 2.05) is 30.3 Å². The zero-order valence-corrected chi connectivity index (χ0v) is 37.1. The van der Waals surface area contributed by atoms with Gasteiger partial charge in [0.2, 0.25) is 0 Å². The van der Waals surface area contributed by atoms with Gasteiger partial charge in [0.1, 0.15) is 33.5 Å². The van der Waals surface area contributed by atoms with Crippen LogP contribution >= 0.6 is 0 Å². The molecule has 5 nitrogen and oxygen atoms in total. The van der Waals surface area contributed by atoms with E-state index in [2.05, 4.69) is 210 Å². The molecule has 69 heavy (non-hydrogen) atoms. The predicted octanol–water partition coefficient (Wildman–Crippen LogP) is 18.4. The summed E-state index contributed by atoms with van der Waals surface area (Å²) in [5.74, 6) is 0. The van der Waals surface area contributed by atoms with E-state index in [1.165, 1.54) is 27.1 Å². The molecule has 0 radical (unpaired) electrons. The molecule has 11 aromatic carbocycles. The van der Waals surface area contributed by atoms with Gasteiger partial charge in [-0.15, -0.1) is 0 Å². The molecule has 4 heterocycles. The summed E-state index contributed by atoms with van der Waals surface area (Å²) in [6.07, 6.45) is 0. The molecule has 0 saturated carbocycles. The largest absolute Gasteiger partial charge is 0.456 e. The van der Waals surface area contributed by atoms with Crippen LogP contribution in [0.2, 0.25) is 0 Å². The molecular formula is C64H38N2O3. The molecule has 4 aromatic heterocycles. The molecule has 0 unspecified atom stereocenters. The smallest absolute Gasteiger partial charge is 0.137 e. The lowest BCUT2D eigenvalue weighted by molar-refractivity contribution is 0.668. The van der Waals surface area contributed by atoms with Crippen molar-refractivity contribution in [2.75, 3.05) is 4.90 Å². The monoisotopic (exact) mass is 882 g/mol. The Hall–Kier alpha value is -9.32. The van der Waals surface area contributed by atoms with E-state index in [-0.39, 0.29) is 0 Å². The Morgan fingerprint density at radius 2 is 0.812 bits per heavy atom. The number of furan rings is 3. The van der Waals surface area contributed by atoms with E-state index in [0.29, 0.717) is 0 Å². The summed E-state index contributed by atoms with van der Waals surface area (Å²) < 4.78 is 21.6. The van der Waals surface area contributed by atoms with Gasteiger partial charge in [-0.1, -0.05) is 115 Å². The first kappa shape index (κ1) is 37.9. The van der Waals surface area contributed by atoms with E-state index < -0.39 is 0 Å². The summed E-state index contributed by atoms with van der Waals surface area (Å²) >= 11 is 0. The third-order valence-corrected chi connectivity index (χ3v) is 14.2. The highest BCUT2D eigenvalue weighted by Crippen LogP contribution is 2.44. The number of para-hydroxylation sites is 4. The molecule has 0 aliphatic heterocycles. The van der Waals surface area contributed by atoms with Crippen LogP contribution in [0.15, 0.2) is 244 Å². The average Bonchev–Trinajstić information content (AvgIpc) is 4.17. The van der Waals surface area contributed by atoms with Crippen LogP contribution in [-0.4, -0.2) is 4.57 Å². The van der Waals surface area contributed by atoms with Crippen LogP contribution in [0.5, 0.6) is 0 Å². The summed E-state index contributed by atoms with van der Waals surface area (Å²) in [5.41, 5.74) is 16.3. The third-order valence-electron chi connectivity index (χ3n) is 14.2. The molecular weight excluding hydrogens is 845 g/mol. The summed E-state index contributed by atoms with van der Waals surface area (Å²) in [5, 5.41) is 11.5. The lowest BCUT2D eigenvalue weighted by atomic mass is 9.97. The molecule has 0 aliphatic rings. The van der Waals surface area contributed by atoms with Crippen molar-refractivity contribution in [3.05, 3.63) is 231 Å². The van der Waals surface area contributed by atoms with Crippen molar-refractivity contribution < 1.29 is 13.3 Å². The number of anilines is 3. The Kier molecular flexibility index (Phi) is 8.00. The SMILES string of the molecule is c1ccc(-n2c3ccc(-c4cccc(-c5ccc(N(c6ccc7c(c6)oc6ccccc67)c6ccc7c(c6)oc6ccccc67)cc5)c4)cc3c3cc4ccc5oc6ccccc6c5c4cc32)cc1. The molecule has 322 valence electrons. The molecule has 0 saturated heterocycles. The van der Waals surface area contributed by atoms with Gasteiger partial charge < -0.3 is 22.7 Å². The van der Waals surface area contributed by atoms with Gasteiger partial charge in [0, 0.05) is 78.0 Å². The number of benzene rings is 11. The third kappa shape index (κ3) is 5.84. The fourth-order valence-electron chi connectivity index (χ4n) is 10.9. The van der Waals surface area contributed by atoms with Crippen LogP contribution in [0.25, 0.3) is 126 Å². The molecule has 0 bridgehead atoms. The van der Waals surface area contributed by atoms with E-state index in [0.717, 1.165) is 116 Å². The molecule has 0 spiro atoms. The van der Waals surface area contributed by atoms with Crippen molar-refractivity contribution in [3.63, 3.8) is 0 Å². The topological polar surface area (TPSA) is 47.6 Å². The number of hydrogen-bond acceptors (Lipinski definition) is 4. The summed E-state index contributed by atoms with van der Waals surface area (Å²) in [7, 11) is 0. The number of rotatable bonds is 6. The fourth-order valence-corrected chi connectivity index (χ4v) is 10.9. The molecule has 0 N–H and O–H groups in total. The highest BCUT2D eigenvalue weighted by molar-refractivity contribution is 6.23. The number of fused-ring (bicyclic) bond motifs is 14. The Balaban J connectivity index is 0.835. The standard InChI is InChI=1S/C64H38N2O3/c1-2-13-44(14-3-1)66-56-31-23-42(34-54(56)55-35-43-24-32-61-64(53(43)38-57(55)66)52-17-6-9-20-60(52)67-61)41-12-10-11-40(33-41)39-21-25-45(26-22-39)65(46-27-29-50-48-15-4-7-18-58(48)68-62(50)36-46)47-28-30-51-49-16-5-8-19-59(49)69-63(51)37-47/h1-38H. The Morgan fingerprint density at radius 1 is 0.275 bits per heavy atom. The maximum absolute atomic E-state index is 6.41. The molecule has 0 atom stereocenters. The lowest BCUT2D eigenvalue weighted by Crippen LogP contribution is -2.09. The maximum atomic E-state index is 6.41. The molecule has 5 heteroatoms. The van der Waals surface area contributed by atoms with E-state index in [9.17, 15) is 0 Å². The van der Waals surface area contributed by atoms with Crippen LogP contribution in [0.1, 0.15) is 0 Å². The minimum Gasteiger partial charge on any atom is -0.456 e. The highest BCUT2D eigenvalue weighted by atomic mass is 16.3. The number of aromatic nitrogens is 1. The Labute approximate surface area is 394 Å². The van der Waals surface area contributed by atoms with Gasteiger partial charge in [0.05, 0.1) is 11.0 Å². The van der Waals surface area contributed by atoms with E-state index >= 15 is 0 Å². The summed E-state index contributed by atoms with van der Waals surface area (Å²) in [6, 6.07) is 82.2. The average molecular weight is 883 g/mol. The normalized spacial score (nSPS) is 12.1. The molecule has 15 aromatic rings. The first-order valence-electron chi connectivity index (χ1n) is 23.4. The van der Waals surface area contributed by atoms with Gasteiger partial charge in [0.15, 0.2) is 0 Å². The van der Waals surface area contributed by atoms with Gasteiger partial charge in [-0.05, 0) is 136 Å². The first-order chi connectivity index (χ1) is 34.2. The highest BCUT2D eigenvalue weighted by Gasteiger charge is 2.20.